The first kappa shape index (κ1) is 26.0. The molecule has 4 rings (SSSR count). The van der Waals surface area contributed by atoms with Crippen LogP contribution < -0.4 is 5.32 Å². The highest BCUT2D eigenvalue weighted by atomic mass is 32.2. The Balaban J connectivity index is 1.64. The lowest BCUT2D eigenvalue weighted by molar-refractivity contribution is 0.0532. The summed E-state index contributed by atoms with van der Waals surface area (Å²) < 4.78 is 33.3. The van der Waals surface area contributed by atoms with E-state index in [9.17, 15) is 18.0 Å². The number of aryl methyl sites for hydroxylation is 1. The molecule has 3 aromatic rings. The van der Waals surface area contributed by atoms with Crippen LogP contribution in [0, 0.1) is 6.92 Å². The highest BCUT2D eigenvalue weighted by Crippen LogP contribution is 2.32. The minimum Gasteiger partial charge on any atom is -0.462 e. The van der Waals surface area contributed by atoms with Gasteiger partial charge in [-0.15, -0.1) is 0 Å². The van der Waals surface area contributed by atoms with Crippen LogP contribution in [-0.2, 0) is 14.8 Å². The Kier molecular flexibility index (Phi) is 7.87. The quantitative estimate of drug-likeness (QED) is 0.428. The average molecular weight is 528 g/mol. The van der Waals surface area contributed by atoms with E-state index >= 15 is 0 Å². The van der Waals surface area contributed by atoms with Crippen molar-refractivity contribution < 1.29 is 22.7 Å². The van der Waals surface area contributed by atoms with E-state index in [0.717, 1.165) is 36.2 Å². The molecule has 1 saturated heterocycles. The fraction of sp³-hybridized carbons (Fsp3) is 0.346. The summed E-state index contributed by atoms with van der Waals surface area (Å²) in [5.74, 6) is -1.02. The van der Waals surface area contributed by atoms with Gasteiger partial charge in [-0.3, -0.25) is 10.1 Å². The van der Waals surface area contributed by atoms with Gasteiger partial charge in [0.1, 0.15) is 4.88 Å². The minimum absolute atomic E-state index is 0.0864. The molecule has 36 heavy (non-hydrogen) atoms. The van der Waals surface area contributed by atoms with Crippen LogP contribution >= 0.6 is 11.3 Å². The molecule has 8 nitrogen and oxygen atoms in total. The van der Waals surface area contributed by atoms with Crippen molar-refractivity contribution in [2.24, 2.45) is 0 Å². The first-order valence-corrected chi connectivity index (χ1v) is 14.1. The Morgan fingerprint density at radius 3 is 2.61 bits per heavy atom. The van der Waals surface area contributed by atoms with Gasteiger partial charge in [-0.05, 0) is 51.3 Å². The van der Waals surface area contributed by atoms with Crippen LogP contribution in [0.15, 0.2) is 53.4 Å². The number of hydrogen-bond donors (Lipinski definition) is 1. The molecule has 1 atom stereocenters. The first-order valence-electron chi connectivity index (χ1n) is 11.9. The van der Waals surface area contributed by atoms with E-state index in [2.05, 4.69) is 10.3 Å². The molecule has 190 valence electrons. The Bertz CT molecular complexity index is 1370. The second-order valence-electron chi connectivity index (χ2n) is 8.67. The molecule has 1 aliphatic rings. The van der Waals surface area contributed by atoms with E-state index in [1.54, 1.807) is 26.0 Å². The van der Waals surface area contributed by atoms with E-state index in [0.29, 0.717) is 17.8 Å². The van der Waals surface area contributed by atoms with E-state index in [1.807, 2.05) is 37.3 Å². The molecular weight excluding hydrogens is 498 g/mol. The zero-order valence-electron chi connectivity index (χ0n) is 20.5. The summed E-state index contributed by atoms with van der Waals surface area (Å²) in [6.45, 7) is 6.06. The van der Waals surface area contributed by atoms with Crippen molar-refractivity contribution in [3.05, 3.63) is 64.5 Å². The number of nitrogens with one attached hydrogen (secondary N) is 1. The Morgan fingerprint density at radius 2 is 1.92 bits per heavy atom. The molecular formula is C26H29N3O5S2. The molecule has 1 N–H and O–H groups in total. The second-order valence-corrected chi connectivity index (χ2v) is 11.6. The average Bonchev–Trinajstić information content (AvgIpc) is 3.29. The van der Waals surface area contributed by atoms with E-state index in [1.165, 1.54) is 10.4 Å². The van der Waals surface area contributed by atoms with Crippen molar-refractivity contribution in [2.45, 2.75) is 51.0 Å². The zero-order chi connectivity index (χ0) is 25.9. The molecule has 2 aromatic carbocycles. The number of esters is 1. The number of anilines is 1. The summed E-state index contributed by atoms with van der Waals surface area (Å²) in [5.41, 5.74) is 2.00. The lowest BCUT2D eigenvalue weighted by atomic mass is 10.1. The number of aromatic nitrogens is 1. The number of carbonyl (C=O) groups excluding carboxylic acids is 2. The number of hydrogen-bond acceptors (Lipinski definition) is 7. The van der Waals surface area contributed by atoms with Crippen molar-refractivity contribution in [2.75, 3.05) is 18.5 Å². The van der Waals surface area contributed by atoms with Gasteiger partial charge < -0.3 is 4.74 Å². The normalized spacial score (nSPS) is 16.5. The SMILES string of the molecule is CCOC(=O)c1sc(NC(=O)c2cc(S(=O)(=O)N3CCCC[C@H]3C)ccc2C)nc1-c1ccccc1. The number of ether oxygens (including phenoxy) is 1. The molecule has 1 fully saturated rings. The number of nitrogens with zero attached hydrogens (tertiary/aromatic N) is 2. The Labute approximate surface area is 215 Å². The fourth-order valence-electron chi connectivity index (χ4n) is 4.24. The van der Waals surface area contributed by atoms with Crippen LogP contribution in [-0.4, -0.2) is 48.8 Å². The van der Waals surface area contributed by atoms with Gasteiger partial charge in [-0.25, -0.2) is 18.2 Å². The van der Waals surface area contributed by atoms with E-state index < -0.39 is 21.9 Å². The van der Waals surface area contributed by atoms with Crippen LogP contribution in [0.2, 0.25) is 0 Å². The van der Waals surface area contributed by atoms with Crippen LogP contribution in [0.4, 0.5) is 5.13 Å². The summed E-state index contributed by atoms with van der Waals surface area (Å²) >= 11 is 1.02. The molecule has 1 aromatic heterocycles. The molecule has 1 aliphatic heterocycles. The predicted octanol–water partition coefficient (Wildman–Crippen LogP) is 5.11. The van der Waals surface area contributed by atoms with E-state index in [-0.39, 0.29) is 33.1 Å². The Hall–Kier alpha value is -3.08. The number of piperidine rings is 1. The highest BCUT2D eigenvalue weighted by molar-refractivity contribution is 7.89. The van der Waals surface area contributed by atoms with Crippen molar-refractivity contribution in [1.82, 2.24) is 9.29 Å². The number of rotatable bonds is 7. The highest BCUT2D eigenvalue weighted by Gasteiger charge is 2.32. The summed E-state index contributed by atoms with van der Waals surface area (Å²) in [5, 5.41) is 2.97. The van der Waals surface area contributed by atoms with Gasteiger partial charge >= 0.3 is 5.97 Å². The monoisotopic (exact) mass is 527 g/mol. The van der Waals surface area contributed by atoms with Gasteiger partial charge in [0.15, 0.2) is 5.13 Å². The van der Waals surface area contributed by atoms with Crippen LogP contribution in [0.3, 0.4) is 0 Å². The van der Waals surface area contributed by atoms with Gasteiger partial charge in [-0.2, -0.15) is 4.31 Å². The smallest absolute Gasteiger partial charge is 0.350 e. The summed E-state index contributed by atoms with van der Waals surface area (Å²) in [6, 6.07) is 13.7. The third-order valence-electron chi connectivity index (χ3n) is 6.16. The van der Waals surface area contributed by atoms with Crippen molar-refractivity contribution in [1.29, 1.82) is 0 Å². The molecule has 0 radical (unpaired) electrons. The molecule has 10 heteroatoms. The molecule has 1 amide bonds. The fourth-order valence-corrected chi connectivity index (χ4v) is 6.84. The second kappa shape index (κ2) is 10.9. The van der Waals surface area contributed by atoms with Gasteiger partial charge in [-0.1, -0.05) is 54.2 Å². The maximum atomic E-state index is 13.3. The summed E-state index contributed by atoms with van der Waals surface area (Å²) in [4.78, 5) is 30.7. The number of carbonyl (C=O) groups is 2. The maximum Gasteiger partial charge on any atom is 0.350 e. The van der Waals surface area contributed by atoms with Crippen molar-refractivity contribution >= 4 is 38.4 Å². The third kappa shape index (κ3) is 5.35. The van der Waals surface area contributed by atoms with Crippen LogP contribution in [0.25, 0.3) is 11.3 Å². The van der Waals surface area contributed by atoms with Crippen molar-refractivity contribution in [3.63, 3.8) is 0 Å². The standard InChI is InChI=1S/C26H29N3O5S2/c1-4-34-25(31)23-22(19-11-6-5-7-12-19)27-26(35-23)28-24(30)21-16-20(14-13-17(21)2)36(32,33)29-15-9-8-10-18(29)3/h5-7,11-14,16,18H,4,8-10,15H2,1-3H3,(H,27,28,30)/t18-/m1/s1. The largest absolute Gasteiger partial charge is 0.462 e. The number of benzene rings is 2. The summed E-state index contributed by atoms with van der Waals surface area (Å²) in [6.07, 6.45) is 2.63. The number of amides is 1. The van der Waals surface area contributed by atoms with Gasteiger partial charge in [0.2, 0.25) is 10.0 Å². The molecule has 0 aliphatic carbocycles. The third-order valence-corrected chi connectivity index (χ3v) is 9.12. The maximum absolute atomic E-state index is 13.3. The van der Waals surface area contributed by atoms with Crippen LogP contribution in [0.5, 0.6) is 0 Å². The molecule has 0 spiro atoms. The van der Waals surface area contributed by atoms with Crippen LogP contribution in [0.1, 0.15) is 58.7 Å². The topological polar surface area (TPSA) is 106 Å². The van der Waals surface area contributed by atoms with E-state index in [4.69, 9.17) is 4.74 Å². The molecule has 2 heterocycles. The lowest BCUT2D eigenvalue weighted by Gasteiger charge is -2.32. The summed E-state index contributed by atoms with van der Waals surface area (Å²) in [7, 11) is -3.73. The van der Waals surface area contributed by atoms with Gasteiger partial charge in [0, 0.05) is 23.7 Å². The zero-order valence-corrected chi connectivity index (χ0v) is 22.1. The van der Waals surface area contributed by atoms with Gasteiger partial charge in [0.25, 0.3) is 5.91 Å². The number of thiazole rings is 1. The van der Waals surface area contributed by atoms with Gasteiger partial charge in [0.05, 0.1) is 17.2 Å². The predicted molar refractivity (Wildman–Crippen MR) is 140 cm³/mol. The molecule has 0 saturated carbocycles. The molecule has 0 unspecified atom stereocenters. The lowest BCUT2D eigenvalue weighted by Crippen LogP contribution is -2.42. The first-order chi connectivity index (χ1) is 17.2. The Morgan fingerprint density at radius 1 is 1.17 bits per heavy atom. The van der Waals surface area contributed by atoms with Crippen molar-refractivity contribution in [3.8, 4) is 11.3 Å². The number of sulfonamides is 1. The minimum atomic E-state index is -3.73. The molecule has 0 bridgehead atoms.